The third kappa shape index (κ3) is 1.55. The maximum absolute atomic E-state index is 13.0. The zero-order valence-electron chi connectivity index (χ0n) is 6.50. The Morgan fingerprint density at radius 2 is 1.83 bits per heavy atom. The first-order valence-corrected chi connectivity index (χ1v) is 4.76. The number of nitrogen functional groups attached to an aromatic ring is 2. The third-order valence-corrected chi connectivity index (χ3v) is 2.38. The van der Waals surface area contributed by atoms with E-state index >= 15 is 0 Å². The Kier molecular flexibility index (Phi) is 2.32. The Labute approximate surface area is 72.0 Å². The summed E-state index contributed by atoms with van der Waals surface area (Å²) in [6.07, 6.45) is 1.38. The second kappa shape index (κ2) is 3.10. The molecule has 0 amide bonds. The molecule has 0 radical (unpaired) electrons. The molecule has 0 aliphatic heterocycles. The fraction of sp³-hybridized carbons (Fsp3) is 0.143. The number of benzene rings is 1. The van der Waals surface area contributed by atoms with E-state index in [1.54, 1.807) is 0 Å². The molecular formula is C7H9FN2OS. The van der Waals surface area contributed by atoms with Crippen molar-refractivity contribution in [3.8, 4) is 0 Å². The monoisotopic (exact) mass is 188 g/mol. The average Bonchev–Trinajstić information content (AvgIpc) is 1.96. The summed E-state index contributed by atoms with van der Waals surface area (Å²) in [5.41, 5.74) is 11.1. The predicted octanol–water partition coefficient (Wildman–Crippen LogP) is 0.728. The normalized spacial score (nSPS) is 12.8. The van der Waals surface area contributed by atoms with Crippen LogP contribution in [0.5, 0.6) is 0 Å². The lowest BCUT2D eigenvalue weighted by Gasteiger charge is -2.03. The van der Waals surface area contributed by atoms with Gasteiger partial charge in [0, 0.05) is 12.3 Å². The number of nitrogens with two attached hydrogens (primary N) is 2. The second-order valence-corrected chi connectivity index (χ2v) is 3.71. The number of anilines is 2. The van der Waals surface area contributed by atoms with Crippen LogP contribution in [0.3, 0.4) is 0 Å². The topological polar surface area (TPSA) is 69.1 Å². The lowest BCUT2D eigenvalue weighted by molar-refractivity contribution is 0.597. The van der Waals surface area contributed by atoms with Crippen LogP contribution < -0.4 is 11.5 Å². The van der Waals surface area contributed by atoms with Gasteiger partial charge in [-0.25, -0.2) is 4.39 Å². The number of hydrogen-bond acceptors (Lipinski definition) is 3. The molecule has 0 aromatic heterocycles. The molecule has 3 nitrogen and oxygen atoms in total. The van der Waals surface area contributed by atoms with Crippen molar-refractivity contribution >= 4 is 22.2 Å². The molecule has 12 heavy (non-hydrogen) atoms. The summed E-state index contributed by atoms with van der Waals surface area (Å²) < 4.78 is 23.9. The van der Waals surface area contributed by atoms with E-state index in [1.165, 1.54) is 12.3 Å². The molecule has 66 valence electrons. The standard InChI is InChI=1S/C7H9FN2OS/c1-12(11)7-3-6(10)5(9)2-4(7)8/h2-3H,9-10H2,1H3. The number of rotatable bonds is 1. The van der Waals surface area contributed by atoms with Crippen LogP contribution in [0.2, 0.25) is 0 Å². The summed E-state index contributed by atoms with van der Waals surface area (Å²) >= 11 is 0. The highest BCUT2D eigenvalue weighted by atomic mass is 32.2. The zero-order valence-corrected chi connectivity index (χ0v) is 7.32. The van der Waals surface area contributed by atoms with Crippen molar-refractivity contribution in [3.05, 3.63) is 17.9 Å². The Balaban J connectivity index is 3.33. The van der Waals surface area contributed by atoms with E-state index in [0.29, 0.717) is 0 Å². The largest absolute Gasteiger partial charge is 0.397 e. The van der Waals surface area contributed by atoms with Gasteiger partial charge in [-0.15, -0.1) is 0 Å². The van der Waals surface area contributed by atoms with Crippen LogP contribution in [0, 0.1) is 5.82 Å². The molecule has 1 unspecified atom stereocenters. The molecule has 0 spiro atoms. The van der Waals surface area contributed by atoms with E-state index in [0.717, 1.165) is 6.07 Å². The molecule has 4 N–H and O–H groups in total. The fourth-order valence-electron chi connectivity index (χ4n) is 0.805. The Hall–Kier alpha value is -1.10. The van der Waals surface area contributed by atoms with Crippen LogP contribution in [0.1, 0.15) is 0 Å². The molecular weight excluding hydrogens is 179 g/mol. The third-order valence-electron chi connectivity index (χ3n) is 1.45. The average molecular weight is 188 g/mol. The van der Waals surface area contributed by atoms with Gasteiger partial charge in [0.05, 0.1) is 27.1 Å². The molecule has 0 saturated heterocycles. The van der Waals surface area contributed by atoms with Crippen LogP contribution in [-0.2, 0) is 10.8 Å². The van der Waals surface area contributed by atoms with Gasteiger partial charge in [-0.1, -0.05) is 0 Å². The van der Waals surface area contributed by atoms with Gasteiger partial charge in [-0.3, -0.25) is 4.21 Å². The summed E-state index contributed by atoms with van der Waals surface area (Å²) in [6, 6.07) is 2.37. The lowest BCUT2D eigenvalue weighted by atomic mass is 10.3. The van der Waals surface area contributed by atoms with Crippen LogP contribution >= 0.6 is 0 Å². The van der Waals surface area contributed by atoms with E-state index < -0.39 is 16.6 Å². The summed E-state index contributed by atoms with van der Waals surface area (Å²) in [5.74, 6) is -0.581. The van der Waals surface area contributed by atoms with Gasteiger partial charge in [0.1, 0.15) is 5.82 Å². The van der Waals surface area contributed by atoms with Crippen LogP contribution in [0.25, 0.3) is 0 Å². The molecule has 0 heterocycles. The predicted molar refractivity (Wildman–Crippen MR) is 47.6 cm³/mol. The van der Waals surface area contributed by atoms with E-state index in [-0.39, 0.29) is 16.3 Å². The molecule has 0 saturated carbocycles. The summed E-state index contributed by atoms with van der Waals surface area (Å²) in [6.45, 7) is 0. The Morgan fingerprint density at radius 1 is 1.33 bits per heavy atom. The van der Waals surface area contributed by atoms with Gasteiger partial charge in [-0.2, -0.15) is 0 Å². The van der Waals surface area contributed by atoms with Gasteiger partial charge < -0.3 is 11.5 Å². The van der Waals surface area contributed by atoms with Crippen molar-refractivity contribution in [2.75, 3.05) is 17.7 Å². The van der Waals surface area contributed by atoms with Crippen LogP contribution in [0.4, 0.5) is 15.8 Å². The molecule has 0 fully saturated rings. The Bertz CT molecular complexity index is 340. The van der Waals surface area contributed by atoms with E-state index in [1.807, 2.05) is 0 Å². The maximum Gasteiger partial charge on any atom is 0.141 e. The van der Waals surface area contributed by atoms with Gasteiger partial charge >= 0.3 is 0 Å². The first-order chi connectivity index (χ1) is 5.52. The number of hydrogen-bond donors (Lipinski definition) is 2. The molecule has 1 rings (SSSR count). The van der Waals surface area contributed by atoms with Crippen molar-refractivity contribution in [1.82, 2.24) is 0 Å². The second-order valence-electron chi connectivity index (χ2n) is 2.37. The summed E-state index contributed by atoms with van der Waals surface area (Å²) in [5, 5.41) is 0. The van der Waals surface area contributed by atoms with Gasteiger partial charge in [-0.05, 0) is 6.07 Å². The SMILES string of the molecule is CS(=O)c1cc(N)c(N)cc1F. The van der Waals surface area contributed by atoms with Crippen molar-refractivity contribution in [3.63, 3.8) is 0 Å². The molecule has 1 aromatic carbocycles. The van der Waals surface area contributed by atoms with Crippen LogP contribution in [0.15, 0.2) is 17.0 Å². The highest BCUT2D eigenvalue weighted by Gasteiger charge is 2.08. The van der Waals surface area contributed by atoms with Gasteiger partial charge in [0.15, 0.2) is 0 Å². The maximum atomic E-state index is 13.0. The number of halogens is 1. The minimum absolute atomic E-state index is 0.0849. The molecule has 0 bridgehead atoms. The highest BCUT2D eigenvalue weighted by molar-refractivity contribution is 7.84. The molecule has 0 aliphatic carbocycles. The van der Waals surface area contributed by atoms with Crippen LogP contribution in [-0.4, -0.2) is 10.5 Å². The fourth-order valence-corrected chi connectivity index (χ4v) is 1.43. The lowest BCUT2D eigenvalue weighted by Crippen LogP contribution is -2.00. The Morgan fingerprint density at radius 3 is 2.33 bits per heavy atom. The highest BCUT2D eigenvalue weighted by Crippen LogP contribution is 2.21. The van der Waals surface area contributed by atoms with E-state index in [2.05, 4.69) is 0 Å². The smallest absolute Gasteiger partial charge is 0.141 e. The van der Waals surface area contributed by atoms with Crippen molar-refractivity contribution < 1.29 is 8.60 Å². The zero-order chi connectivity index (χ0) is 9.30. The van der Waals surface area contributed by atoms with Crippen molar-refractivity contribution in [2.45, 2.75) is 4.90 Å². The molecule has 1 aromatic rings. The van der Waals surface area contributed by atoms with Crippen molar-refractivity contribution in [1.29, 1.82) is 0 Å². The molecule has 5 heteroatoms. The molecule has 0 aliphatic rings. The summed E-state index contributed by atoms with van der Waals surface area (Å²) in [4.78, 5) is 0.0849. The first-order valence-electron chi connectivity index (χ1n) is 3.20. The van der Waals surface area contributed by atoms with E-state index in [9.17, 15) is 8.60 Å². The van der Waals surface area contributed by atoms with Gasteiger partial charge in [0.2, 0.25) is 0 Å². The summed E-state index contributed by atoms with van der Waals surface area (Å²) in [7, 11) is -1.37. The first kappa shape index (κ1) is 8.99. The molecule has 1 atom stereocenters. The minimum atomic E-state index is -1.37. The van der Waals surface area contributed by atoms with Gasteiger partial charge in [0.25, 0.3) is 0 Å². The van der Waals surface area contributed by atoms with Crippen molar-refractivity contribution in [2.24, 2.45) is 0 Å². The quantitative estimate of drug-likeness (QED) is 0.638. The minimum Gasteiger partial charge on any atom is -0.397 e. The van der Waals surface area contributed by atoms with E-state index in [4.69, 9.17) is 11.5 Å².